The highest BCUT2D eigenvalue weighted by Gasteiger charge is 2.50. The molecule has 0 bridgehead atoms. The number of nitrogens with zero attached hydrogens (tertiary/aromatic N) is 1. The van der Waals surface area contributed by atoms with Gasteiger partial charge in [0.25, 0.3) is 5.91 Å². The molecule has 1 aliphatic heterocycles. The van der Waals surface area contributed by atoms with E-state index in [1.54, 1.807) is 48.5 Å². The molecular weight excluding hydrogens is 406 g/mol. The van der Waals surface area contributed by atoms with E-state index in [1.807, 2.05) is 31.2 Å². The topological polar surface area (TPSA) is 76.1 Å². The van der Waals surface area contributed by atoms with E-state index in [-0.39, 0.29) is 25.4 Å². The maximum atomic E-state index is 13.3. The van der Waals surface area contributed by atoms with E-state index < -0.39 is 11.5 Å². The van der Waals surface area contributed by atoms with Crippen LogP contribution in [0.15, 0.2) is 72.8 Å². The van der Waals surface area contributed by atoms with Crippen LogP contribution in [0, 0.1) is 6.92 Å². The molecule has 0 spiro atoms. The Bertz CT molecular complexity index is 1140. The van der Waals surface area contributed by atoms with Crippen LogP contribution in [0.4, 0.5) is 5.69 Å². The summed E-state index contributed by atoms with van der Waals surface area (Å²) in [5.41, 5.74) is 0.596. The van der Waals surface area contributed by atoms with Crippen molar-refractivity contribution < 1.29 is 24.2 Å². The Labute approximate surface area is 187 Å². The highest BCUT2D eigenvalue weighted by molar-refractivity contribution is 6.10. The van der Waals surface area contributed by atoms with Gasteiger partial charge in [0.2, 0.25) is 0 Å². The second kappa shape index (κ2) is 8.85. The molecule has 4 rings (SSSR count). The molecule has 0 aliphatic carbocycles. The standard InChI is InChI=1S/C26H25NO5/c1-18-10-12-20(13-11-18)32-15-14-27-23-9-4-3-8-22(23)26(30,25(27)29)17-24(28)19-6-5-7-21(16-19)31-2/h3-13,16,30H,14-15,17H2,1-2H3. The SMILES string of the molecule is COc1cccc(C(=O)CC2(O)C(=O)N(CCOc3ccc(C)cc3)c3ccccc32)c1. The van der Waals surface area contributed by atoms with Crippen molar-refractivity contribution in [2.75, 3.05) is 25.2 Å². The van der Waals surface area contributed by atoms with Gasteiger partial charge in [0, 0.05) is 11.1 Å². The van der Waals surface area contributed by atoms with Crippen molar-refractivity contribution in [2.24, 2.45) is 0 Å². The molecule has 3 aromatic rings. The predicted octanol–water partition coefficient (Wildman–Crippen LogP) is 3.89. The number of rotatable bonds is 8. The van der Waals surface area contributed by atoms with Gasteiger partial charge < -0.3 is 19.5 Å². The van der Waals surface area contributed by atoms with Gasteiger partial charge in [0.15, 0.2) is 11.4 Å². The van der Waals surface area contributed by atoms with Gasteiger partial charge in [0.1, 0.15) is 18.1 Å². The van der Waals surface area contributed by atoms with Gasteiger partial charge in [-0.3, -0.25) is 9.59 Å². The monoisotopic (exact) mass is 431 g/mol. The molecule has 1 amide bonds. The van der Waals surface area contributed by atoms with Crippen molar-refractivity contribution in [1.82, 2.24) is 0 Å². The Morgan fingerprint density at radius 2 is 1.75 bits per heavy atom. The Hall–Kier alpha value is -3.64. The molecule has 0 saturated heterocycles. The normalized spacial score (nSPS) is 17.2. The maximum absolute atomic E-state index is 13.3. The number of carbonyl (C=O) groups is 2. The lowest BCUT2D eigenvalue weighted by molar-refractivity contribution is -0.135. The molecular formula is C26H25NO5. The van der Waals surface area contributed by atoms with Gasteiger partial charge >= 0.3 is 0 Å². The summed E-state index contributed by atoms with van der Waals surface area (Å²) in [6.07, 6.45) is -0.356. The highest BCUT2D eigenvalue weighted by atomic mass is 16.5. The van der Waals surface area contributed by atoms with Crippen molar-refractivity contribution in [3.63, 3.8) is 0 Å². The number of hydrogen-bond acceptors (Lipinski definition) is 5. The Morgan fingerprint density at radius 3 is 2.50 bits per heavy atom. The second-order valence-corrected chi connectivity index (χ2v) is 7.83. The second-order valence-electron chi connectivity index (χ2n) is 7.83. The third-order valence-corrected chi connectivity index (χ3v) is 5.65. The van der Waals surface area contributed by atoms with Crippen molar-refractivity contribution in [2.45, 2.75) is 18.9 Å². The highest BCUT2D eigenvalue weighted by Crippen LogP contribution is 2.42. The minimum atomic E-state index is -1.93. The van der Waals surface area contributed by atoms with Crippen LogP contribution in [0.25, 0.3) is 0 Å². The molecule has 32 heavy (non-hydrogen) atoms. The minimum Gasteiger partial charge on any atom is -0.497 e. The van der Waals surface area contributed by atoms with Crippen molar-refractivity contribution in [3.8, 4) is 11.5 Å². The summed E-state index contributed by atoms with van der Waals surface area (Å²) in [6.45, 7) is 2.50. The Balaban J connectivity index is 1.53. The number of benzene rings is 3. The van der Waals surface area contributed by atoms with Crippen LogP contribution >= 0.6 is 0 Å². The number of anilines is 1. The van der Waals surface area contributed by atoms with E-state index in [9.17, 15) is 14.7 Å². The van der Waals surface area contributed by atoms with E-state index in [1.165, 1.54) is 12.0 Å². The Morgan fingerprint density at radius 1 is 1.00 bits per heavy atom. The van der Waals surface area contributed by atoms with Gasteiger partial charge in [-0.25, -0.2) is 0 Å². The summed E-state index contributed by atoms with van der Waals surface area (Å²) in [4.78, 5) is 27.7. The van der Waals surface area contributed by atoms with Gasteiger partial charge in [-0.15, -0.1) is 0 Å². The zero-order valence-electron chi connectivity index (χ0n) is 18.1. The summed E-state index contributed by atoms with van der Waals surface area (Å²) in [6, 6.07) is 21.3. The zero-order valence-corrected chi connectivity index (χ0v) is 18.1. The smallest absolute Gasteiger partial charge is 0.264 e. The largest absolute Gasteiger partial charge is 0.497 e. The van der Waals surface area contributed by atoms with Gasteiger partial charge in [-0.05, 0) is 37.3 Å². The van der Waals surface area contributed by atoms with Gasteiger partial charge in [0.05, 0.1) is 25.8 Å². The van der Waals surface area contributed by atoms with Gasteiger partial charge in [-0.1, -0.05) is 48.0 Å². The average Bonchev–Trinajstić information content (AvgIpc) is 3.02. The number of aryl methyl sites for hydroxylation is 1. The van der Waals surface area contributed by atoms with E-state index in [0.29, 0.717) is 28.3 Å². The molecule has 0 radical (unpaired) electrons. The number of para-hydroxylation sites is 1. The number of ketones is 1. The lowest BCUT2D eigenvalue weighted by atomic mass is 9.88. The molecule has 6 heteroatoms. The first-order valence-corrected chi connectivity index (χ1v) is 10.4. The third kappa shape index (κ3) is 4.09. The number of hydrogen-bond donors (Lipinski definition) is 1. The fourth-order valence-corrected chi connectivity index (χ4v) is 3.92. The molecule has 1 unspecified atom stereocenters. The lowest BCUT2D eigenvalue weighted by Crippen LogP contribution is -2.43. The fourth-order valence-electron chi connectivity index (χ4n) is 3.92. The molecule has 164 valence electrons. The summed E-state index contributed by atoms with van der Waals surface area (Å²) >= 11 is 0. The molecule has 0 saturated carbocycles. The first-order valence-electron chi connectivity index (χ1n) is 10.4. The number of amides is 1. The number of aliphatic hydroxyl groups is 1. The van der Waals surface area contributed by atoms with Crippen LogP contribution in [-0.2, 0) is 10.4 Å². The first-order chi connectivity index (χ1) is 15.4. The maximum Gasteiger partial charge on any atom is 0.264 e. The molecule has 1 N–H and O–H groups in total. The van der Waals surface area contributed by atoms with Crippen molar-refractivity contribution in [3.05, 3.63) is 89.5 Å². The van der Waals surface area contributed by atoms with Crippen LogP contribution in [0.3, 0.4) is 0 Å². The van der Waals surface area contributed by atoms with E-state index in [0.717, 1.165) is 5.56 Å². The molecule has 1 atom stereocenters. The molecule has 1 aliphatic rings. The summed E-state index contributed by atoms with van der Waals surface area (Å²) in [5, 5.41) is 11.4. The first kappa shape index (κ1) is 21.6. The number of ether oxygens (including phenoxy) is 2. The Kier molecular flexibility index (Phi) is 5.97. The fraction of sp³-hybridized carbons (Fsp3) is 0.231. The number of methoxy groups -OCH3 is 1. The summed E-state index contributed by atoms with van der Waals surface area (Å²) in [5.74, 6) is 0.379. The van der Waals surface area contributed by atoms with Crippen LogP contribution in [0.5, 0.6) is 11.5 Å². The third-order valence-electron chi connectivity index (χ3n) is 5.65. The van der Waals surface area contributed by atoms with Crippen LogP contribution in [0.2, 0.25) is 0 Å². The summed E-state index contributed by atoms with van der Waals surface area (Å²) < 4.78 is 11.0. The lowest BCUT2D eigenvalue weighted by Gasteiger charge is -2.23. The summed E-state index contributed by atoms with van der Waals surface area (Å²) in [7, 11) is 1.52. The van der Waals surface area contributed by atoms with Gasteiger partial charge in [-0.2, -0.15) is 0 Å². The minimum absolute atomic E-state index is 0.249. The van der Waals surface area contributed by atoms with E-state index in [4.69, 9.17) is 9.47 Å². The zero-order chi connectivity index (χ0) is 22.7. The van der Waals surface area contributed by atoms with Crippen molar-refractivity contribution >= 4 is 17.4 Å². The molecule has 0 aromatic heterocycles. The number of carbonyl (C=O) groups excluding carboxylic acids is 2. The van der Waals surface area contributed by atoms with Crippen molar-refractivity contribution in [1.29, 1.82) is 0 Å². The molecule has 3 aromatic carbocycles. The van der Waals surface area contributed by atoms with Crippen LogP contribution in [-0.4, -0.2) is 37.1 Å². The molecule has 0 fully saturated rings. The average molecular weight is 431 g/mol. The quantitative estimate of drug-likeness (QED) is 0.548. The molecule has 6 nitrogen and oxygen atoms in total. The predicted molar refractivity (Wildman–Crippen MR) is 121 cm³/mol. The van der Waals surface area contributed by atoms with Crippen LogP contribution < -0.4 is 14.4 Å². The number of fused-ring (bicyclic) bond motifs is 1. The van der Waals surface area contributed by atoms with E-state index in [2.05, 4.69) is 0 Å². The molecule has 1 heterocycles. The van der Waals surface area contributed by atoms with E-state index >= 15 is 0 Å². The number of Topliss-reactive ketones (excluding diaryl/α,β-unsaturated/α-hetero) is 1. The van der Waals surface area contributed by atoms with Crippen LogP contribution in [0.1, 0.15) is 27.9 Å².